The Morgan fingerprint density at radius 1 is 1.37 bits per heavy atom. The third-order valence-corrected chi connectivity index (χ3v) is 3.87. The van der Waals surface area contributed by atoms with Crippen LogP contribution < -0.4 is 0 Å². The summed E-state index contributed by atoms with van der Waals surface area (Å²) < 4.78 is 5.24. The van der Waals surface area contributed by atoms with Crippen LogP contribution in [0, 0.1) is 0 Å². The number of ketones is 2. The number of rotatable bonds is 7. The number of hydrogen-bond donors (Lipinski definition) is 1. The number of allylic oxidation sites excluding steroid dienone is 2. The van der Waals surface area contributed by atoms with Crippen molar-refractivity contribution in [1.82, 2.24) is 10.2 Å². The van der Waals surface area contributed by atoms with Crippen LogP contribution in [-0.4, -0.2) is 40.7 Å². The van der Waals surface area contributed by atoms with Crippen LogP contribution in [0.5, 0.6) is 0 Å². The van der Waals surface area contributed by atoms with Crippen molar-refractivity contribution in [2.75, 3.05) is 19.0 Å². The minimum Gasteiger partial charge on any atom is -0.382 e. The van der Waals surface area contributed by atoms with Crippen molar-refractivity contribution in [3.63, 3.8) is 0 Å². The fraction of sp³-hybridized carbons (Fsp3) is 0.462. The van der Waals surface area contributed by atoms with Gasteiger partial charge in [0.2, 0.25) is 11.6 Å². The summed E-state index contributed by atoms with van der Waals surface area (Å²) in [7, 11) is 0. The second-order valence-electron chi connectivity index (χ2n) is 4.11. The third kappa shape index (κ3) is 3.33. The van der Waals surface area contributed by atoms with Gasteiger partial charge in [0.15, 0.2) is 0 Å². The quantitative estimate of drug-likeness (QED) is 0.775. The van der Waals surface area contributed by atoms with Crippen LogP contribution in [0.1, 0.15) is 40.6 Å². The van der Waals surface area contributed by atoms with E-state index in [1.165, 1.54) is 24.0 Å². The van der Waals surface area contributed by atoms with Gasteiger partial charge in [0.25, 0.3) is 0 Å². The van der Waals surface area contributed by atoms with Crippen molar-refractivity contribution in [3.8, 4) is 0 Å². The fourth-order valence-electron chi connectivity index (χ4n) is 1.78. The Morgan fingerprint density at radius 2 is 2.21 bits per heavy atom. The lowest BCUT2D eigenvalue weighted by Crippen LogP contribution is -2.14. The molecule has 0 atom stereocenters. The molecule has 0 aromatic carbocycles. The molecule has 1 aliphatic rings. The van der Waals surface area contributed by atoms with Gasteiger partial charge in [-0.1, -0.05) is 0 Å². The van der Waals surface area contributed by atoms with Crippen LogP contribution >= 0.6 is 11.8 Å². The van der Waals surface area contributed by atoms with Crippen LogP contribution in [0.4, 0.5) is 0 Å². The molecule has 1 heterocycles. The number of thioether (sulfide) groups is 1. The van der Waals surface area contributed by atoms with Crippen molar-refractivity contribution in [3.05, 3.63) is 28.4 Å². The average Bonchev–Trinajstić information content (AvgIpc) is 2.89. The maximum Gasteiger partial charge on any atom is 0.205 e. The van der Waals surface area contributed by atoms with Crippen LogP contribution in [0.2, 0.25) is 0 Å². The first-order valence-corrected chi connectivity index (χ1v) is 7.27. The van der Waals surface area contributed by atoms with Gasteiger partial charge in [-0.2, -0.15) is 5.10 Å². The van der Waals surface area contributed by atoms with E-state index >= 15 is 0 Å². The van der Waals surface area contributed by atoms with Gasteiger partial charge >= 0.3 is 0 Å². The van der Waals surface area contributed by atoms with E-state index in [1.807, 2.05) is 6.92 Å². The molecule has 1 aliphatic carbocycles. The van der Waals surface area contributed by atoms with E-state index < -0.39 is 0 Å². The molecule has 0 saturated carbocycles. The maximum atomic E-state index is 12.1. The van der Waals surface area contributed by atoms with Gasteiger partial charge in [0.1, 0.15) is 5.69 Å². The van der Waals surface area contributed by atoms with Crippen molar-refractivity contribution in [2.24, 2.45) is 0 Å². The molecule has 19 heavy (non-hydrogen) atoms. The number of ether oxygens (including phenoxy) is 1. The highest BCUT2D eigenvalue weighted by Gasteiger charge is 2.27. The lowest BCUT2D eigenvalue weighted by atomic mass is 10.0. The number of aromatic nitrogens is 2. The molecule has 0 radical (unpaired) electrons. The van der Waals surface area contributed by atoms with Crippen molar-refractivity contribution < 1.29 is 14.3 Å². The van der Waals surface area contributed by atoms with Crippen molar-refractivity contribution in [2.45, 2.75) is 19.8 Å². The molecular weight excluding hydrogens is 264 g/mol. The smallest absolute Gasteiger partial charge is 0.205 e. The van der Waals surface area contributed by atoms with Gasteiger partial charge in [0, 0.05) is 19.3 Å². The summed E-state index contributed by atoms with van der Waals surface area (Å²) in [5.74, 6) is 0.521. The van der Waals surface area contributed by atoms with E-state index in [0.29, 0.717) is 16.2 Å². The zero-order valence-corrected chi connectivity index (χ0v) is 11.6. The summed E-state index contributed by atoms with van der Waals surface area (Å²) in [6.07, 6.45) is 4.74. The highest BCUT2D eigenvalue weighted by atomic mass is 32.2. The summed E-state index contributed by atoms with van der Waals surface area (Å²) in [5, 5.41) is 6.30. The van der Waals surface area contributed by atoms with Crippen LogP contribution in [0.3, 0.4) is 0 Å². The lowest BCUT2D eigenvalue weighted by Gasteiger charge is -2.10. The Hall–Kier alpha value is -1.40. The summed E-state index contributed by atoms with van der Waals surface area (Å²) in [6, 6.07) is 0. The van der Waals surface area contributed by atoms with Crippen LogP contribution in [0.15, 0.2) is 17.2 Å². The van der Waals surface area contributed by atoms with Gasteiger partial charge in [-0.05, 0) is 25.5 Å². The lowest BCUT2D eigenvalue weighted by molar-refractivity contribution is 0.0989. The van der Waals surface area contributed by atoms with Gasteiger partial charge in [-0.25, -0.2) is 0 Å². The average molecular weight is 280 g/mol. The number of carbonyl (C=O) groups is 2. The number of aromatic amines is 1. The molecule has 0 aliphatic heterocycles. The number of fused-ring (bicyclic) bond motifs is 1. The van der Waals surface area contributed by atoms with E-state index in [4.69, 9.17) is 4.74 Å². The number of nitrogens with zero attached hydrogens (tertiary/aromatic N) is 1. The largest absolute Gasteiger partial charge is 0.382 e. The predicted octanol–water partition coefficient (Wildman–Crippen LogP) is 2.22. The van der Waals surface area contributed by atoms with E-state index in [9.17, 15) is 9.59 Å². The second kappa shape index (κ2) is 6.68. The molecule has 0 amide bonds. The number of carbonyl (C=O) groups excluding carboxylic acids is 2. The molecule has 0 fully saturated rings. The SMILES string of the molecule is CCOCCCCSC1=CC(=O)c2[nH]ncc2C1=O. The zero-order chi connectivity index (χ0) is 13.7. The van der Waals surface area contributed by atoms with Gasteiger partial charge in [-0.3, -0.25) is 14.7 Å². The Kier molecular flexibility index (Phi) is 4.93. The molecule has 1 aromatic heterocycles. The molecule has 2 rings (SSSR count). The summed E-state index contributed by atoms with van der Waals surface area (Å²) in [6.45, 7) is 3.44. The molecule has 6 heteroatoms. The summed E-state index contributed by atoms with van der Waals surface area (Å²) in [4.78, 5) is 24.3. The van der Waals surface area contributed by atoms with E-state index in [0.717, 1.165) is 31.8 Å². The molecular formula is C13H16N2O3S. The molecule has 0 saturated heterocycles. The molecule has 1 aromatic rings. The van der Waals surface area contributed by atoms with Crippen LogP contribution in [0.25, 0.3) is 0 Å². The molecule has 102 valence electrons. The molecule has 0 unspecified atom stereocenters. The van der Waals surface area contributed by atoms with Gasteiger partial charge in [0.05, 0.1) is 16.7 Å². The van der Waals surface area contributed by atoms with Crippen molar-refractivity contribution >= 4 is 23.3 Å². The normalized spacial score (nSPS) is 14.5. The zero-order valence-electron chi connectivity index (χ0n) is 10.8. The number of nitrogens with one attached hydrogen (secondary N) is 1. The third-order valence-electron chi connectivity index (χ3n) is 2.76. The monoisotopic (exact) mass is 280 g/mol. The van der Waals surface area contributed by atoms with E-state index in [1.54, 1.807) is 0 Å². The number of unbranched alkanes of at least 4 members (excludes halogenated alkanes) is 1. The maximum absolute atomic E-state index is 12.1. The standard InChI is InChI=1S/C13H16N2O3S/c1-2-18-5-3-4-6-19-11-7-10(16)12-9(13(11)17)8-14-15-12/h7-8H,2-6H2,1H3,(H,14,15). The van der Waals surface area contributed by atoms with Gasteiger partial charge in [-0.15, -0.1) is 11.8 Å². The first-order chi connectivity index (χ1) is 9.24. The Balaban J connectivity index is 1.85. The first kappa shape index (κ1) is 14.0. The molecule has 5 nitrogen and oxygen atoms in total. The summed E-state index contributed by atoms with van der Waals surface area (Å²) in [5.41, 5.74) is 0.676. The van der Waals surface area contributed by atoms with E-state index in [2.05, 4.69) is 10.2 Å². The minimum absolute atomic E-state index is 0.113. The van der Waals surface area contributed by atoms with E-state index in [-0.39, 0.29) is 11.6 Å². The van der Waals surface area contributed by atoms with Crippen molar-refractivity contribution in [1.29, 1.82) is 0 Å². The topological polar surface area (TPSA) is 72.1 Å². The van der Waals surface area contributed by atoms with Crippen LogP contribution in [-0.2, 0) is 4.74 Å². The second-order valence-corrected chi connectivity index (χ2v) is 5.25. The highest BCUT2D eigenvalue weighted by molar-refractivity contribution is 8.04. The summed E-state index contributed by atoms with van der Waals surface area (Å²) >= 11 is 1.43. The Bertz CT molecular complexity index is 508. The Labute approximate surface area is 115 Å². The Morgan fingerprint density at radius 3 is 3.00 bits per heavy atom. The van der Waals surface area contributed by atoms with Gasteiger partial charge < -0.3 is 4.74 Å². The number of H-pyrrole nitrogens is 1. The minimum atomic E-state index is -0.177. The predicted molar refractivity (Wildman–Crippen MR) is 73.5 cm³/mol. The fourth-order valence-corrected chi connectivity index (χ4v) is 2.78. The number of Topliss-reactive ketones (excluding diaryl/α,β-unsaturated/α-hetero) is 1. The molecule has 0 spiro atoms. The molecule has 1 N–H and O–H groups in total. The number of hydrogen-bond acceptors (Lipinski definition) is 5. The first-order valence-electron chi connectivity index (χ1n) is 6.28. The molecule has 0 bridgehead atoms. The highest BCUT2D eigenvalue weighted by Crippen LogP contribution is 2.27.